The third-order valence-corrected chi connectivity index (χ3v) is 3.99. The molecule has 0 fully saturated rings. The highest BCUT2D eigenvalue weighted by Crippen LogP contribution is 2.23. The summed E-state index contributed by atoms with van der Waals surface area (Å²) in [7, 11) is 0. The lowest BCUT2D eigenvalue weighted by Gasteiger charge is -2.06. The van der Waals surface area contributed by atoms with Gasteiger partial charge in [0.1, 0.15) is 5.82 Å². The summed E-state index contributed by atoms with van der Waals surface area (Å²) in [5.74, 6) is 0.158. The quantitative estimate of drug-likeness (QED) is 0.709. The molecule has 2 N–H and O–H groups in total. The minimum atomic E-state index is -0.249. The molecular weight excluding hydrogens is 370 g/mol. The van der Waals surface area contributed by atoms with Gasteiger partial charge in [0, 0.05) is 25.0 Å². The average Bonchev–Trinajstić information content (AvgIpc) is 2.73. The lowest BCUT2D eigenvalue weighted by Crippen LogP contribution is -2.06. The van der Waals surface area contributed by atoms with Gasteiger partial charge in [0.15, 0.2) is 0 Å². The average molecular weight is 382 g/mol. The molecule has 0 aliphatic carbocycles. The van der Waals surface area contributed by atoms with E-state index in [0.29, 0.717) is 16.1 Å². The zero-order chi connectivity index (χ0) is 14.1. The van der Waals surface area contributed by atoms with Crippen LogP contribution in [0.2, 0.25) is 0 Å². The first-order chi connectivity index (χ1) is 9.65. The molecule has 0 aliphatic heterocycles. The van der Waals surface area contributed by atoms with Crippen LogP contribution in [0.5, 0.6) is 0 Å². The van der Waals surface area contributed by atoms with Gasteiger partial charge < -0.3 is 10.3 Å². The van der Waals surface area contributed by atoms with Crippen molar-refractivity contribution in [3.63, 3.8) is 0 Å². The van der Waals surface area contributed by atoms with Gasteiger partial charge >= 0.3 is 0 Å². The fourth-order valence-corrected chi connectivity index (χ4v) is 2.61. The van der Waals surface area contributed by atoms with E-state index in [2.05, 4.69) is 9.97 Å². The van der Waals surface area contributed by atoms with Gasteiger partial charge in [0.05, 0.1) is 14.6 Å². The van der Waals surface area contributed by atoms with Crippen LogP contribution >= 0.6 is 22.6 Å². The normalized spacial score (nSPS) is 11.1. The number of anilines is 1. The highest BCUT2D eigenvalue weighted by atomic mass is 127. The molecule has 0 amide bonds. The van der Waals surface area contributed by atoms with Gasteiger partial charge in [-0.25, -0.2) is 9.37 Å². The van der Waals surface area contributed by atoms with Gasteiger partial charge in [-0.2, -0.15) is 0 Å². The topological polar surface area (TPSA) is 56.7 Å². The van der Waals surface area contributed by atoms with Crippen LogP contribution in [-0.2, 0) is 13.0 Å². The second-order valence-corrected chi connectivity index (χ2v) is 5.65. The number of fused-ring (bicyclic) bond motifs is 1. The number of benzene rings is 1. The summed E-state index contributed by atoms with van der Waals surface area (Å²) in [6.45, 7) is 0.647. The molecule has 0 radical (unpaired) electrons. The number of hydrogen-bond donors (Lipinski definition) is 1. The molecule has 0 aliphatic rings. The van der Waals surface area contributed by atoms with E-state index < -0.39 is 0 Å². The summed E-state index contributed by atoms with van der Waals surface area (Å²) in [5.41, 5.74) is 8.49. The molecule has 0 saturated heterocycles. The first kappa shape index (κ1) is 13.3. The van der Waals surface area contributed by atoms with Gasteiger partial charge in [-0.1, -0.05) is 6.07 Å². The van der Waals surface area contributed by atoms with Crippen LogP contribution in [-0.4, -0.2) is 14.5 Å². The Balaban J connectivity index is 1.95. The summed E-state index contributed by atoms with van der Waals surface area (Å²) in [4.78, 5) is 8.36. The first-order valence-corrected chi connectivity index (χ1v) is 7.22. The zero-order valence-corrected chi connectivity index (χ0v) is 12.7. The van der Waals surface area contributed by atoms with Crippen LogP contribution in [0.15, 0.2) is 36.7 Å². The molecular formula is C14H12FIN4. The summed E-state index contributed by atoms with van der Waals surface area (Å²) >= 11 is 1.95. The van der Waals surface area contributed by atoms with E-state index in [0.717, 1.165) is 23.0 Å². The SMILES string of the molecule is Nc1nc2cc(I)c(F)cc2n1CCc1cccnc1. The highest BCUT2D eigenvalue weighted by molar-refractivity contribution is 14.1. The Labute approximate surface area is 129 Å². The molecule has 0 bridgehead atoms. The molecule has 0 atom stereocenters. The fourth-order valence-electron chi connectivity index (χ4n) is 2.16. The van der Waals surface area contributed by atoms with Gasteiger partial charge in [-0.15, -0.1) is 0 Å². The summed E-state index contributed by atoms with van der Waals surface area (Å²) < 4.78 is 16.1. The number of imidazole rings is 1. The van der Waals surface area contributed by atoms with Gasteiger partial charge in [0.25, 0.3) is 0 Å². The van der Waals surface area contributed by atoms with E-state index in [1.54, 1.807) is 12.3 Å². The van der Waals surface area contributed by atoms with Crippen LogP contribution < -0.4 is 5.73 Å². The zero-order valence-electron chi connectivity index (χ0n) is 10.6. The van der Waals surface area contributed by atoms with Crippen molar-refractivity contribution in [3.8, 4) is 0 Å². The number of aromatic nitrogens is 3. The molecule has 0 unspecified atom stereocenters. The Hall–Kier alpha value is -1.70. The Morgan fingerprint density at radius 1 is 1.35 bits per heavy atom. The molecule has 3 rings (SSSR count). The smallest absolute Gasteiger partial charge is 0.201 e. The predicted molar refractivity (Wildman–Crippen MR) is 84.8 cm³/mol. The Morgan fingerprint density at radius 3 is 2.95 bits per heavy atom. The number of halogens is 2. The van der Waals surface area contributed by atoms with Crippen molar-refractivity contribution >= 4 is 39.6 Å². The van der Waals surface area contributed by atoms with Gasteiger partial charge in [-0.3, -0.25) is 4.98 Å². The number of nitrogens with two attached hydrogens (primary N) is 1. The maximum atomic E-state index is 13.7. The maximum Gasteiger partial charge on any atom is 0.201 e. The Bertz CT molecular complexity index is 755. The van der Waals surface area contributed by atoms with Gasteiger partial charge in [-0.05, 0) is 46.7 Å². The van der Waals surface area contributed by atoms with Crippen molar-refractivity contribution in [2.45, 2.75) is 13.0 Å². The molecule has 6 heteroatoms. The van der Waals surface area contributed by atoms with E-state index in [9.17, 15) is 4.39 Å². The van der Waals surface area contributed by atoms with Crippen LogP contribution in [0, 0.1) is 9.39 Å². The summed E-state index contributed by atoms with van der Waals surface area (Å²) in [5, 5.41) is 0. The molecule has 20 heavy (non-hydrogen) atoms. The standard InChI is InChI=1S/C14H12FIN4/c15-10-6-13-12(7-11(10)16)19-14(17)20(13)5-3-9-2-1-4-18-8-9/h1-2,4,6-8H,3,5H2,(H2,17,19). The molecule has 0 spiro atoms. The molecule has 2 aromatic heterocycles. The Morgan fingerprint density at radius 2 is 2.20 bits per heavy atom. The largest absolute Gasteiger partial charge is 0.369 e. The van der Waals surface area contributed by atoms with E-state index in [1.807, 2.05) is 45.5 Å². The van der Waals surface area contributed by atoms with Crippen LogP contribution in [0.4, 0.5) is 10.3 Å². The predicted octanol–water partition coefficient (Wildman–Crippen LogP) is 3.00. The second-order valence-electron chi connectivity index (χ2n) is 4.49. The third kappa shape index (κ3) is 2.47. The van der Waals surface area contributed by atoms with Gasteiger partial charge in [0.2, 0.25) is 5.95 Å². The molecule has 0 saturated carbocycles. The van der Waals surface area contributed by atoms with E-state index in [4.69, 9.17) is 5.73 Å². The molecule has 2 heterocycles. The van der Waals surface area contributed by atoms with Crippen LogP contribution in [0.1, 0.15) is 5.56 Å². The van der Waals surface area contributed by atoms with E-state index in [-0.39, 0.29) is 5.82 Å². The van der Waals surface area contributed by atoms with Crippen molar-refractivity contribution < 1.29 is 4.39 Å². The number of hydrogen-bond acceptors (Lipinski definition) is 3. The minimum Gasteiger partial charge on any atom is -0.369 e. The third-order valence-electron chi connectivity index (χ3n) is 3.17. The number of nitrogen functional groups attached to an aromatic ring is 1. The van der Waals surface area contributed by atoms with Crippen LogP contribution in [0.3, 0.4) is 0 Å². The van der Waals surface area contributed by atoms with Crippen molar-refractivity contribution in [1.82, 2.24) is 14.5 Å². The van der Waals surface area contributed by atoms with E-state index >= 15 is 0 Å². The first-order valence-electron chi connectivity index (χ1n) is 6.15. The number of aryl methyl sites for hydroxylation is 2. The highest BCUT2D eigenvalue weighted by Gasteiger charge is 2.11. The molecule has 1 aromatic carbocycles. The lowest BCUT2D eigenvalue weighted by atomic mass is 10.2. The fraction of sp³-hybridized carbons (Fsp3) is 0.143. The second kappa shape index (κ2) is 5.35. The van der Waals surface area contributed by atoms with Crippen LogP contribution in [0.25, 0.3) is 11.0 Å². The molecule has 102 valence electrons. The number of rotatable bonds is 3. The number of nitrogens with zero attached hydrogens (tertiary/aromatic N) is 3. The van der Waals surface area contributed by atoms with Crippen molar-refractivity contribution in [2.24, 2.45) is 0 Å². The lowest BCUT2D eigenvalue weighted by molar-refractivity contribution is 0.620. The minimum absolute atomic E-state index is 0.249. The summed E-state index contributed by atoms with van der Waals surface area (Å²) in [6, 6.07) is 7.10. The van der Waals surface area contributed by atoms with Crippen molar-refractivity contribution in [3.05, 3.63) is 51.6 Å². The van der Waals surface area contributed by atoms with Crippen molar-refractivity contribution in [1.29, 1.82) is 0 Å². The summed E-state index contributed by atoms with van der Waals surface area (Å²) in [6.07, 6.45) is 4.33. The maximum absolute atomic E-state index is 13.7. The molecule has 3 aromatic rings. The number of pyridine rings is 1. The Kier molecular flexibility index (Phi) is 3.56. The molecule has 4 nitrogen and oxygen atoms in total. The van der Waals surface area contributed by atoms with Crippen molar-refractivity contribution in [2.75, 3.05) is 5.73 Å². The van der Waals surface area contributed by atoms with E-state index in [1.165, 1.54) is 6.07 Å². The monoisotopic (exact) mass is 382 g/mol.